The summed E-state index contributed by atoms with van der Waals surface area (Å²) in [6.45, 7) is 4.48. The van der Waals surface area contributed by atoms with E-state index in [2.05, 4.69) is 44.2 Å². The fourth-order valence-electron chi connectivity index (χ4n) is 2.73. The van der Waals surface area contributed by atoms with Crippen LogP contribution < -0.4 is 4.74 Å². The smallest absolute Gasteiger partial charge is 0.120 e. The number of ether oxygens (including phenoxy) is 1. The lowest BCUT2D eigenvalue weighted by atomic mass is 9.90. The molecule has 2 rings (SSSR count). The van der Waals surface area contributed by atoms with Crippen molar-refractivity contribution in [2.45, 2.75) is 51.6 Å². The van der Waals surface area contributed by atoms with E-state index >= 15 is 0 Å². The van der Waals surface area contributed by atoms with E-state index in [1.165, 1.54) is 24.8 Å². The molecule has 0 bridgehead atoms. The minimum absolute atomic E-state index is 0.141. The summed E-state index contributed by atoms with van der Waals surface area (Å²) in [5, 5.41) is 0. The van der Waals surface area contributed by atoms with Crippen molar-refractivity contribution in [3.8, 4) is 5.75 Å². The molecule has 1 unspecified atom stereocenters. The first-order valence-electron chi connectivity index (χ1n) is 8.00. The maximum Gasteiger partial charge on any atom is 0.120 e. The third kappa shape index (κ3) is 5.26. The van der Waals surface area contributed by atoms with Gasteiger partial charge in [-0.3, -0.25) is 0 Å². The summed E-state index contributed by atoms with van der Waals surface area (Å²) in [6, 6.07) is 20.8. The molecule has 0 saturated heterocycles. The predicted octanol–water partition coefficient (Wildman–Crippen LogP) is 5.65. The van der Waals surface area contributed by atoms with Gasteiger partial charge in [0.1, 0.15) is 11.4 Å². The Hall–Kier alpha value is -1.76. The summed E-state index contributed by atoms with van der Waals surface area (Å²) in [4.78, 5) is 0. The van der Waals surface area contributed by atoms with Gasteiger partial charge in [-0.25, -0.2) is 0 Å². The Kier molecular flexibility index (Phi) is 5.86. The van der Waals surface area contributed by atoms with E-state index in [1.54, 1.807) is 0 Å². The molecule has 0 heterocycles. The summed E-state index contributed by atoms with van der Waals surface area (Å²) in [5.41, 5.74) is 1.20. The number of hydrogen-bond donors (Lipinski definition) is 0. The van der Waals surface area contributed by atoms with Gasteiger partial charge in [0, 0.05) is 6.42 Å². The third-order valence-corrected chi connectivity index (χ3v) is 3.84. The second-order valence-electron chi connectivity index (χ2n) is 5.98. The molecule has 0 N–H and O–H groups in total. The van der Waals surface area contributed by atoms with Gasteiger partial charge in [-0.1, -0.05) is 68.3 Å². The lowest BCUT2D eigenvalue weighted by molar-refractivity contribution is 0.0763. The predicted molar refractivity (Wildman–Crippen MR) is 89.8 cm³/mol. The maximum atomic E-state index is 6.35. The standard InChI is InChI=1S/C20H26O/c1-3-4-11-16-20(2,17-18-12-7-5-8-13-18)21-19-14-9-6-10-15-19/h5-10,12-15H,3-4,11,16-17H2,1-2H3. The van der Waals surface area contributed by atoms with Crippen LogP contribution in [0.5, 0.6) is 5.75 Å². The quantitative estimate of drug-likeness (QED) is 0.569. The van der Waals surface area contributed by atoms with Crippen LogP contribution in [0, 0.1) is 0 Å². The van der Waals surface area contributed by atoms with Crippen LogP contribution >= 0.6 is 0 Å². The molecule has 2 aromatic rings. The van der Waals surface area contributed by atoms with Crippen LogP contribution in [0.15, 0.2) is 60.7 Å². The minimum Gasteiger partial charge on any atom is -0.487 e. The summed E-state index contributed by atoms with van der Waals surface area (Å²) in [5.74, 6) is 0.965. The highest BCUT2D eigenvalue weighted by Gasteiger charge is 2.26. The highest BCUT2D eigenvalue weighted by Crippen LogP contribution is 2.27. The second kappa shape index (κ2) is 7.87. The second-order valence-corrected chi connectivity index (χ2v) is 5.98. The molecular formula is C20H26O. The molecule has 2 aromatic carbocycles. The molecule has 0 saturated carbocycles. The third-order valence-electron chi connectivity index (χ3n) is 3.84. The summed E-state index contributed by atoms with van der Waals surface area (Å²) >= 11 is 0. The topological polar surface area (TPSA) is 9.23 Å². The van der Waals surface area contributed by atoms with Crippen molar-refractivity contribution in [1.82, 2.24) is 0 Å². The van der Waals surface area contributed by atoms with Crippen LogP contribution in [0.3, 0.4) is 0 Å². The first-order valence-corrected chi connectivity index (χ1v) is 8.00. The number of hydrogen-bond acceptors (Lipinski definition) is 1. The number of benzene rings is 2. The van der Waals surface area contributed by atoms with Crippen LogP contribution in [-0.4, -0.2) is 5.60 Å². The largest absolute Gasteiger partial charge is 0.487 e. The number of unbranched alkanes of at least 4 members (excludes halogenated alkanes) is 2. The average Bonchev–Trinajstić information content (AvgIpc) is 2.49. The van der Waals surface area contributed by atoms with Crippen molar-refractivity contribution in [2.75, 3.05) is 0 Å². The fourth-order valence-corrected chi connectivity index (χ4v) is 2.73. The molecule has 0 fully saturated rings. The molecule has 0 aliphatic rings. The van der Waals surface area contributed by atoms with E-state index in [4.69, 9.17) is 4.74 Å². The molecule has 0 aliphatic carbocycles. The monoisotopic (exact) mass is 282 g/mol. The SMILES string of the molecule is CCCCCC(C)(Cc1ccccc1)Oc1ccccc1. The van der Waals surface area contributed by atoms with Crippen molar-refractivity contribution in [3.05, 3.63) is 66.2 Å². The molecule has 1 atom stereocenters. The van der Waals surface area contributed by atoms with E-state index in [0.29, 0.717) is 0 Å². The van der Waals surface area contributed by atoms with Crippen LogP contribution in [-0.2, 0) is 6.42 Å². The van der Waals surface area contributed by atoms with Crippen molar-refractivity contribution in [2.24, 2.45) is 0 Å². The molecule has 0 aliphatic heterocycles. The van der Waals surface area contributed by atoms with Gasteiger partial charge in [-0.15, -0.1) is 0 Å². The van der Waals surface area contributed by atoms with E-state index < -0.39 is 0 Å². The minimum atomic E-state index is -0.141. The first kappa shape index (κ1) is 15.6. The van der Waals surface area contributed by atoms with Crippen LogP contribution in [0.1, 0.15) is 45.1 Å². The Morgan fingerprint density at radius 2 is 1.48 bits per heavy atom. The van der Waals surface area contributed by atoms with Crippen LogP contribution in [0.25, 0.3) is 0 Å². The van der Waals surface area contributed by atoms with Gasteiger partial charge in [-0.2, -0.15) is 0 Å². The zero-order valence-corrected chi connectivity index (χ0v) is 13.2. The molecule has 21 heavy (non-hydrogen) atoms. The number of rotatable bonds is 8. The maximum absolute atomic E-state index is 6.35. The van der Waals surface area contributed by atoms with E-state index in [-0.39, 0.29) is 5.60 Å². The Balaban J connectivity index is 2.09. The summed E-state index contributed by atoms with van der Waals surface area (Å²) < 4.78 is 6.35. The zero-order chi connectivity index (χ0) is 15.0. The Morgan fingerprint density at radius 1 is 0.857 bits per heavy atom. The summed E-state index contributed by atoms with van der Waals surface area (Å²) in [7, 11) is 0. The van der Waals surface area contributed by atoms with Crippen LogP contribution in [0.4, 0.5) is 0 Å². The van der Waals surface area contributed by atoms with Crippen molar-refractivity contribution in [1.29, 1.82) is 0 Å². The molecule has 0 spiro atoms. The highest BCUT2D eigenvalue weighted by atomic mass is 16.5. The van der Waals surface area contributed by atoms with E-state index in [1.807, 2.05) is 30.3 Å². The molecular weight excluding hydrogens is 256 g/mol. The molecule has 0 radical (unpaired) electrons. The highest BCUT2D eigenvalue weighted by molar-refractivity contribution is 5.23. The van der Waals surface area contributed by atoms with E-state index in [9.17, 15) is 0 Å². The van der Waals surface area contributed by atoms with Gasteiger partial charge in [-0.05, 0) is 37.5 Å². The lowest BCUT2D eigenvalue weighted by Crippen LogP contribution is -2.35. The van der Waals surface area contributed by atoms with Gasteiger partial charge in [0.15, 0.2) is 0 Å². The van der Waals surface area contributed by atoms with E-state index in [0.717, 1.165) is 18.6 Å². The van der Waals surface area contributed by atoms with Gasteiger partial charge < -0.3 is 4.74 Å². The lowest BCUT2D eigenvalue weighted by Gasteiger charge is -2.31. The Labute approximate surface area is 129 Å². The van der Waals surface area contributed by atoms with Gasteiger partial charge in [0.25, 0.3) is 0 Å². The molecule has 0 amide bonds. The fraction of sp³-hybridized carbons (Fsp3) is 0.400. The Morgan fingerprint density at radius 3 is 2.10 bits per heavy atom. The normalized spacial score (nSPS) is 13.6. The average molecular weight is 282 g/mol. The molecule has 0 aromatic heterocycles. The first-order chi connectivity index (χ1) is 10.2. The van der Waals surface area contributed by atoms with Crippen LogP contribution in [0.2, 0.25) is 0 Å². The molecule has 112 valence electrons. The molecule has 1 heteroatoms. The van der Waals surface area contributed by atoms with Gasteiger partial charge >= 0.3 is 0 Å². The van der Waals surface area contributed by atoms with Gasteiger partial charge in [0.2, 0.25) is 0 Å². The number of para-hydroxylation sites is 1. The Bertz CT molecular complexity index is 462. The van der Waals surface area contributed by atoms with Crippen molar-refractivity contribution >= 4 is 0 Å². The van der Waals surface area contributed by atoms with Gasteiger partial charge in [0.05, 0.1) is 0 Å². The van der Waals surface area contributed by atoms with Crippen molar-refractivity contribution < 1.29 is 4.74 Å². The zero-order valence-electron chi connectivity index (χ0n) is 13.2. The molecule has 1 nitrogen and oxygen atoms in total. The summed E-state index contributed by atoms with van der Waals surface area (Å²) in [6.07, 6.45) is 5.76. The van der Waals surface area contributed by atoms with Crippen molar-refractivity contribution in [3.63, 3.8) is 0 Å².